The van der Waals surface area contributed by atoms with Crippen molar-refractivity contribution in [3.8, 4) is 17.0 Å². The maximum Gasteiger partial charge on any atom is 0.231 e. The van der Waals surface area contributed by atoms with E-state index in [0.29, 0.717) is 16.3 Å². The van der Waals surface area contributed by atoms with E-state index in [1.807, 2.05) is 29.6 Å². The van der Waals surface area contributed by atoms with Gasteiger partial charge >= 0.3 is 0 Å². The summed E-state index contributed by atoms with van der Waals surface area (Å²) in [5, 5.41) is 5.37. The molecule has 0 bridgehead atoms. The molecular formula is C20H19FN2O2S. The molecule has 1 amide bonds. The smallest absolute Gasteiger partial charge is 0.231 e. The van der Waals surface area contributed by atoms with Gasteiger partial charge in [0.25, 0.3) is 0 Å². The van der Waals surface area contributed by atoms with Crippen molar-refractivity contribution in [3.05, 3.63) is 64.2 Å². The van der Waals surface area contributed by atoms with Crippen LogP contribution in [0.1, 0.15) is 17.5 Å². The zero-order valence-corrected chi connectivity index (χ0v) is 15.4. The van der Waals surface area contributed by atoms with Crippen LogP contribution in [0.5, 0.6) is 5.75 Å². The van der Waals surface area contributed by atoms with Gasteiger partial charge in [-0.15, -0.1) is 11.3 Å². The number of hydrogen-bond acceptors (Lipinski definition) is 4. The predicted molar refractivity (Wildman–Crippen MR) is 102 cm³/mol. The summed E-state index contributed by atoms with van der Waals surface area (Å²) < 4.78 is 18.8. The van der Waals surface area contributed by atoms with Crippen molar-refractivity contribution in [3.63, 3.8) is 0 Å². The summed E-state index contributed by atoms with van der Waals surface area (Å²) in [6, 6.07) is 12.5. The van der Waals surface area contributed by atoms with E-state index in [1.54, 1.807) is 12.1 Å². The first-order valence-corrected chi connectivity index (χ1v) is 9.14. The second-order valence-corrected chi connectivity index (χ2v) is 6.69. The highest BCUT2D eigenvalue weighted by molar-refractivity contribution is 7.10. The molecule has 3 rings (SSSR count). The number of carbonyl (C=O) groups is 1. The number of ether oxygens (including phenoxy) is 1. The van der Waals surface area contributed by atoms with Gasteiger partial charge in [0, 0.05) is 16.6 Å². The fourth-order valence-electron chi connectivity index (χ4n) is 2.52. The minimum absolute atomic E-state index is 0.129. The molecule has 6 heteroatoms. The molecule has 0 aliphatic rings. The Morgan fingerprint density at radius 2 is 2.00 bits per heavy atom. The van der Waals surface area contributed by atoms with Crippen LogP contribution in [-0.2, 0) is 17.6 Å². The number of nitrogens with one attached hydrogen (secondary N) is 1. The van der Waals surface area contributed by atoms with Crippen molar-refractivity contribution >= 4 is 22.9 Å². The number of aryl methyl sites for hydroxylation is 1. The van der Waals surface area contributed by atoms with E-state index in [-0.39, 0.29) is 18.1 Å². The number of rotatable bonds is 6. The van der Waals surface area contributed by atoms with Gasteiger partial charge in [-0.05, 0) is 42.3 Å². The number of methoxy groups -OCH3 is 1. The zero-order chi connectivity index (χ0) is 18.5. The Labute approximate surface area is 155 Å². The van der Waals surface area contributed by atoms with E-state index < -0.39 is 5.82 Å². The van der Waals surface area contributed by atoms with Crippen molar-refractivity contribution < 1.29 is 13.9 Å². The maximum atomic E-state index is 13.8. The highest BCUT2D eigenvalue weighted by Crippen LogP contribution is 2.27. The fourth-order valence-corrected chi connectivity index (χ4v) is 3.32. The molecule has 0 aliphatic heterocycles. The van der Waals surface area contributed by atoms with Crippen LogP contribution in [0.4, 0.5) is 10.1 Å². The first-order chi connectivity index (χ1) is 12.6. The minimum Gasteiger partial charge on any atom is -0.494 e. The Bertz CT molecular complexity index is 906. The Morgan fingerprint density at radius 3 is 2.65 bits per heavy atom. The largest absolute Gasteiger partial charge is 0.494 e. The van der Waals surface area contributed by atoms with E-state index in [1.165, 1.54) is 30.1 Å². The number of amides is 1. The molecule has 0 spiro atoms. The number of benzene rings is 2. The van der Waals surface area contributed by atoms with Gasteiger partial charge in [0.2, 0.25) is 5.91 Å². The number of aromatic nitrogens is 1. The quantitative estimate of drug-likeness (QED) is 0.684. The lowest BCUT2D eigenvalue weighted by Crippen LogP contribution is -2.14. The van der Waals surface area contributed by atoms with E-state index in [4.69, 9.17) is 4.74 Å². The summed E-state index contributed by atoms with van der Waals surface area (Å²) >= 11 is 1.38. The molecular weight excluding hydrogens is 351 g/mol. The monoisotopic (exact) mass is 370 g/mol. The molecule has 0 radical (unpaired) electrons. The average molecular weight is 370 g/mol. The van der Waals surface area contributed by atoms with E-state index >= 15 is 0 Å². The van der Waals surface area contributed by atoms with Crippen LogP contribution < -0.4 is 10.1 Å². The van der Waals surface area contributed by atoms with E-state index in [2.05, 4.69) is 17.2 Å². The molecule has 4 nitrogen and oxygen atoms in total. The molecule has 0 atom stereocenters. The maximum absolute atomic E-state index is 13.8. The van der Waals surface area contributed by atoms with E-state index in [0.717, 1.165) is 12.1 Å². The summed E-state index contributed by atoms with van der Waals surface area (Å²) in [7, 11) is 1.42. The van der Waals surface area contributed by atoms with Crippen LogP contribution in [0.15, 0.2) is 47.8 Å². The third-order valence-corrected chi connectivity index (χ3v) is 4.81. The summed E-state index contributed by atoms with van der Waals surface area (Å²) in [6.45, 7) is 2.09. The molecule has 0 unspecified atom stereocenters. The lowest BCUT2D eigenvalue weighted by atomic mass is 10.1. The molecule has 1 heterocycles. The molecule has 1 aromatic heterocycles. The summed E-state index contributed by atoms with van der Waals surface area (Å²) in [5.74, 6) is -0.374. The summed E-state index contributed by atoms with van der Waals surface area (Å²) in [4.78, 5) is 16.6. The van der Waals surface area contributed by atoms with Gasteiger partial charge in [0.05, 0.1) is 19.2 Å². The molecule has 0 aliphatic carbocycles. The van der Waals surface area contributed by atoms with Crippen LogP contribution >= 0.6 is 11.3 Å². The van der Waals surface area contributed by atoms with Gasteiger partial charge in [0.1, 0.15) is 5.01 Å². The molecule has 26 heavy (non-hydrogen) atoms. The molecule has 0 fully saturated rings. The fraction of sp³-hybridized carbons (Fsp3) is 0.200. The predicted octanol–water partition coefficient (Wildman–Crippen LogP) is 4.70. The number of carbonyl (C=O) groups excluding carboxylic acids is 1. The first-order valence-electron chi connectivity index (χ1n) is 8.26. The normalized spacial score (nSPS) is 10.6. The van der Waals surface area contributed by atoms with Crippen LogP contribution in [0, 0.1) is 5.82 Å². The van der Waals surface area contributed by atoms with Crippen molar-refractivity contribution in [1.29, 1.82) is 0 Å². The zero-order valence-electron chi connectivity index (χ0n) is 14.6. The Hall–Kier alpha value is -2.73. The SMILES string of the molecule is CCc1ccc(NC(=O)Cc2nc(-c3ccc(OC)c(F)c3)cs2)cc1. The highest BCUT2D eigenvalue weighted by atomic mass is 32.1. The van der Waals surface area contributed by atoms with Crippen LogP contribution in [0.2, 0.25) is 0 Å². The van der Waals surface area contributed by atoms with Crippen LogP contribution in [0.25, 0.3) is 11.3 Å². The highest BCUT2D eigenvalue weighted by Gasteiger charge is 2.11. The topological polar surface area (TPSA) is 51.2 Å². The standard InChI is InChI=1S/C20H19FN2O2S/c1-3-13-4-7-15(8-5-13)22-19(24)11-20-23-17(12-26-20)14-6-9-18(25-2)16(21)10-14/h4-10,12H,3,11H2,1-2H3,(H,22,24). The second kappa shape index (κ2) is 8.10. The molecule has 3 aromatic rings. The minimum atomic E-state index is -0.437. The Morgan fingerprint density at radius 1 is 1.23 bits per heavy atom. The Balaban J connectivity index is 1.65. The van der Waals surface area contributed by atoms with Crippen molar-refractivity contribution in [2.75, 3.05) is 12.4 Å². The molecule has 1 N–H and O–H groups in total. The molecule has 0 saturated carbocycles. The number of thiazole rings is 1. The Kier molecular flexibility index (Phi) is 5.63. The van der Waals surface area contributed by atoms with E-state index in [9.17, 15) is 9.18 Å². The van der Waals surface area contributed by atoms with Gasteiger partial charge in [0.15, 0.2) is 11.6 Å². The third kappa shape index (κ3) is 4.26. The molecule has 134 valence electrons. The van der Waals surface area contributed by atoms with Crippen molar-refractivity contribution in [1.82, 2.24) is 4.98 Å². The van der Waals surface area contributed by atoms with Crippen molar-refractivity contribution in [2.45, 2.75) is 19.8 Å². The van der Waals surface area contributed by atoms with Crippen LogP contribution in [-0.4, -0.2) is 18.0 Å². The first kappa shape index (κ1) is 18.1. The van der Waals surface area contributed by atoms with Gasteiger partial charge in [-0.1, -0.05) is 19.1 Å². The van der Waals surface area contributed by atoms with Gasteiger partial charge in [-0.3, -0.25) is 4.79 Å². The second-order valence-electron chi connectivity index (χ2n) is 5.75. The summed E-state index contributed by atoms with van der Waals surface area (Å²) in [6.07, 6.45) is 1.14. The number of nitrogens with zero attached hydrogens (tertiary/aromatic N) is 1. The van der Waals surface area contributed by atoms with Gasteiger partial charge in [-0.2, -0.15) is 0 Å². The third-order valence-electron chi connectivity index (χ3n) is 3.96. The van der Waals surface area contributed by atoms with Gasteiger partial charge < -0.3 is 10.1 Å². The number of halogens is 1. The number of hydrogen-bond donors (Lipinski definition) is 1. The number of anilines is 1. The average Bonchev–Trinajstić information content (AvgIpc) is 3.10. The van der Waals surface area contributed by atoms with Crippen LogP contribution in [0.3, 0.4) is 0 Å². The van der Waals surface area contributed by atoms with Gasteiger partial charge in [-0.25, -0.2) is 9.37 Å². The molecule has 2 aromatic carbocycles. The lowest BCUT2D eigenvalue weighted by Gasteiger charge is -2.05. The van der Waals surface area contributed by atoms with Crippen molar-refractivity contribution in [2.24, 2.45) is 0 Å². The summed E-state index contributed by atoms with van der Waals surface area (Å²) in [5.41, 5.74) is 3.29. The lowest BCUT2D eigenvalue weighted by molar-refractivity contribution is -0.115. The molecule has 0 saturated heterocycles.